The summed E-state index contributed by atoms with van der Waals surface area (Å²) in [5, 5.41) is 3.03. The first kappa shape index (κ1) is 33.0. The lowest BCUT2D eigenvalue weighted by atomic mass is 9.95. The Labute approximate surface area is 257 Å². The van der Waals surface area contributed by atoms with Crippen LogP contribution in [0, 0.1) is 13.8 Å². The van der Waals surface area contributed by atoms with Crippen molar-refractivity contribution in [1.82, 2.24) is 10.2 Å². The van der Waals surface area contributed by atoms with E-state index in [2.05, 4.69) is 5.32 Å². The standard InChI is InChI=1S/C33H38F3N3O4S/c1-23-15-17-30(18-16-23)44(42,43)39(29-14-8-11-27(20-29)33(34,35)36)22-31(40)38(21-26-10-7-9-24(2)19-26)25(3)32(41)37-28-12-5-4-6-13-28/h7-11,14-20,25,28H,4-6,12-13,21-22H2,1-3H3,(H,37,41)/t25-/m0/s1. The second-order valence-corrected chi connectivity index (χ2v) is 13.3. The molecule has 2 amide bonds. The molecule has 3 aromatic carbocycles. The average molecular weight is 630 g/mol. The van der Waals surface area contributed by atoms with Crippen LogP contribution < -0.4 is 9.62 Å². The third-order valence-corrected chi connectivity index (χ3v) is 9.69. The second-order valence-electron chi connectivity index (χ2n) is 11.4. The molecule has 0 aromatic heterocycles. The molecule has 1 fully saturated rings. The molecule has 0 aliphatic heterocycles. The van der Waals surface area contributed by atoms with Gasteiger partial charge in [-0.2, -0.15) is 13.2 Å². The Bertz CT molecular complexity index is 1570. The van der Waals surface area contributed by atoms with Crippen molar-refractivity contribution in [3.05, 3.63) is 95.1 Å². The van der Waals surface area contributed by atoms with E-state index in [1.807, 2.05) is 25.1 Å². The molecule has 0 spiro atoms. The molecule has 0 saturated heterocycles. The van der Waals surface area contributed by atoms with Crippen molar-refractivity contribution in [3.8, 4) is 0 Å². The van der Waals surface area contributed by atoms with Crippen LogP contribution in [0.5, 0.6) is 0 Å². The minimum Gasteiger partial charge on any atom is -0.352 e. The zero-order valence-corrected chi connectivity index (χ0v) is 25.9. The van der Waals surface area contributed by atoms with E-state index in [-0.39, 0.29) is 29.1 Å². The number of carbonyl (C=O) groups excluding carboxylic acids is 2. The van der Waals surface area contributed by atoms with Crippen molar-refractivity contribution in [2.75, 3.05) is 10.8 Å². The fourth-order valence-electron chi connectivity index (χ4n) is 5.36. The average Bonchev–Trinajstić information content (AvgIpc) is 2.98. The third-order valence-electron chi connectivity index (χ3n) is 7.90. The van der Waals surface area contributed by atoms with Crippen LogP contribution in [0.4, 0.5) is 18.9 Å². The molecule has 0 radical (unpaired) electrons. The summed E-state index contributed by atoms with van der Waals surface area (Å²) in [4.78, 5) is 28.6. The highest BCUT2D eigenvalue weighted by Gasteiger charge is 2.35. The Morgan fingerprint density at radius 3 is 2.20 bits per heavy atom. The molecule has 0 bridgehead atoms. The maximum atomic E-state index is 14.1. The monoisotopic (exact) mass is 629 g/mol. The summed E-state index contributed by atoms with van der Waals surface area (Å²) >= 11 is 0. The quantitative estimate of drug-likeness (QED) is 0.282. The van der Waals surface area contributed by atoms with Gasteiger partial charge in [0, 0.05) is 12.6 Å². The summed E-state index contributed by atoms with van der Waals surface area (Å²) in [5.74, 6) is -1.10. The van der Waals surface area contributed by atoms with Gasteiger partial charge in [-0.05, 0) is 69.5 Å². The Morgan fingerprint density at radius 1 is 0.909 bits per heavy atom. The zero-order valence-electron chi connectivity index (χ0n) is 25.1. The highest BCUT2D eigenvalue weighted by Crippen LogP contribution is 2.33. The number of benzene rings is 3. The first-order valence-electron chi connectivity index (χ1n) is 14.7. The Hall–Kier alpha value is -3.86. The van der Waals surface area contributed by atoms with Gasteiger partial charge in [-0.15, -0.1) is 0 Å². The lowest BCUT2D eigenvalue weighted by Gasteiger charge is -2.33. The van der Waals surface area contributed by atoms with Gasteiger partial charge in [-0.25, -0.2) is 8.42 Å². The maximum Gasteiger partial charge on any atom is 0.416 e. The molecule has 1 N–H and O–H groups in total. The number of amides is 2. The Balaban J connectivity index is 1.72. The first-order chi connectivity index (χ1) is 20.8. The van der Waals surface area contributed by atoms with Gasteiger partial charge in [-0.1, -0.05) is 72.9 Å². The van der Waals surface area contributed by atoms with Crippen molar-refractivity contribution in [2.45, 2.75) is 82.6 Å². The molecule has 4 rings (SSSR count). The number of aryl methyl sites for hydroxylation is 2. The Morgan fingerprint density at radius 2 is 1.57 bits per heavy atom. The van der Waals surface area contributed by atoms with Crippen molar-refractivity contribution >= 4 is 27.5 Å². The maximum absolute atomic E-state index is 14.1. The predicted molar refractivity (Wildman–Crippen MR) is 163 cm³/mol. The predicted octanol–water partition coefficient (Wildman–Crippen LogP) is 6.38. The van der Waals surface area contributed by atoms with Crippen molar-refractivity contribution in [3.63, 3.8) is 0 Å². The van der Waals surface area contributed by atoms with E-state index < -0.39 is 40.3 Å². The van der Waals surface area contributed by atoms with Crippen molar-refractivity contribution in [1.29, 1.82) is 0 Å². The topological polar surface area (TPSA) is 86.8 Å². The second kappa shape index (κ2) is 13.8. The summed E-state index contributed by atoms with van der Waals surface area (Å²) in [7, 11) is -4.49. The van der Waals surface area contributed by atoms with Gasteiger partial charge in [0.05, 0.1) is 16.1 Å². The van der Waals surface area contributed by atoms with Crippen molar-refractivity contribution in [2.24, 2.45) is 0 Å². The van der Waals surface area contributed by atoms with Gasteiger partial charge < -0.3 is 10.2 Å². The number of hydrogen-bond donors (Lipinski definition) is 1. The highest BCUT2D eigenvalue weighted by atomic mass is 32.2. The van der Waals surface area contributed by atoms with Gasteiger partial charge in [0.15, 0.2) is 0 Å². The van der Waals surface area contributed by atoms with Gasteiger partial charge >= 0.3 is 6.18 Å². The minimum absolute atomic E-state index is 0.000771. The summed E-state index contributed by atoms with van der Waals surface area (Å²) < 4.78 is 69.5. The summed E-state index contributed by atoms with van der Waals surface area (Å²) in [6, 6.07) is 16.1. The molecule has 1 aliphatic carbocycles. The minimum atomic E-state index is -4.73. The lowest BCUT2D eigenvalue weighted by molar-refractivity contribution is -0.139. The third kappa shape index (κ3) is 8.19. The summed E-state index contributed by atoms with van der Waals surface area (Å²) in [6.07, 6.45) is 0.0237. The van der Waals surface area contributed by atoms with Crippen LogP contribution in [-0.2, 0) is 32.3 Å². The van der Waals surface area contributed by atoms with Crippen LogP contribution in [-0.4, -0.2) is 43.8 Å². The number of alkyl halides is 3. The SMILES string of the molecule is Cc1ccc(S(=O)(=O)N(CC(=O)N(Cc2cccc(C)c2)[C@@H](C)C(=O)NC2CCCCC2)c2cccc(C(F)(F)F)c2)cc1. The first-order valence-corrected chi connectivity index (χ1v) is 16.1. The Kier molecular flexibility index (Phi) is 10.4. The van der Waals surface area contributed by atoms with E-state index in [0.717, 1.165) is 60.9 Å². The molecule has 44 heavy (non-hydrogen) atoms. The van der Waals surface area contributed by atoms with Crippen LogP contribution in [0.3, 0.4) is 0 Å². The molecule has 11 heteroatoms. The van der Waals surface area contributed by atoms with Gasteiger partial charge in [0.2, 0.25) is 11.8 Å². The number of nitrogens with zero attached hydrogens (tertiary/aromatic N) is 2. The van der Waals surface area contributed by atoms with Gasteiger partial charge in [-0.3, -0.25) is 13.9 Å². The van der Waals surface area contributed by atoms with Gasteiger partial charge in [0.1, 0.15) is 12.6 Å². The smallest absolute Gasteiger partial charge is 0.352 e. The number of rotatable bonds is 10. The van der Waals surface area contributed by atoms with Gasteiger partial charge in [0.25, 0.3) is 10.0 Å². The molecule has 7 nitrogen and oxygen atoms in total. The van der Waals surface area contributed by atoms with Crippen LogP contribution in [0.15, 0.2) is 77.7 Å². The van der Waals surface area contributed by atoms with E-state index in [1.54, 1.807) is 32.0 Å². The van der Waals surface area contributed by atoms with E-state index in [9.17, 15) is 31.2 Å². The number of sulfonamides is 1. The largest absolute Gasteiger partial charge is 0.416 e. The summed E-state index contributed by atoms with van der Waals surface area (Å²) in [5.41, 5.74) is 1.07. The lowest BCUT2D eigenvalue weighted by Crippen LogP contribution is -2.53. The molecule has 1 atom stereocenters. The molecular weight excluding hydrogens is 591 g/mol. The normalized spacial score (nSPS) is 15.0. The number of halogens is 3. The van der Waals surface area contributed by atoms with E-state index >= 15 is 0 Å². The molecule has 3 aromatic rings. The molecule has 236 valence electrons. The number of carbonyl (C=O) groups is 2. The fourth-order valence-corrected chi connectivity index (χ4v) is 6.77. The van der Waals surface area contributed by atoms with Crippen LogP contribution in [0.1, 0.15) is 61.3 Å². The number of anilines is 1. The number of nitrogens with one attached hydrogen (secondary N) is 1. The molecular formula is C33H38F3N3O4S. The van der Waals surface area contributed by atoms with E-state index in [1.165, 1.54) is 23.1 Å². The zero-order chi connectivity index (χ0) is 32.1. The van der Waals surface area contributed by atoms with E-state index in [0.29, 0.717) is 10.4 Å². The van der Waals surface area contributed by atoms with Crippen LogP contribution in [0.25, 0.3) is 0 Å². The van der Waals surface area contributed by atoms with Crippen LogP contribution in [0.2, 0.25) is 0 Å². The highest BCUT2D eigenvalue weighted by molar-refractivity contribution is 7.92. The fraction of sp³-hybridized carbons (Fsp3) is 0.394. The summed E-state index contributed by atoms with van der Waals surface area (Å²) in [6.45, 7) is 4.42. The number of hydrogen-bond acceptors (Lipinski definition) is 4. The van der Waals surface area contributed by atoms with E-state index in [4.69, 9.17) is 0 Å². The molecule has 0 unspecified atom stereocenters. The molecule has 0 heterocycles. The van der Waals surface area contributed by atoms with Crippen LogP contribution >= 0.6 is 0 Å². The molecule has 1 aliphatic rings. The molecule has 1 saturated carbocycles. The van der Waals surface area contributed by atoms with Crippen molar-refractivity contribution < 1.29 is 31.2 Å².